The molecule has 0 saturated heterocycles. The average molecular weight is 311 g/mol. The molecule has 0 aliphatic rings. The molecule has 1 heterocycles. The van der Waals surface area contributed by atoms with Crippen molar-refractivity contribution in [1.29, 1.82) is 5.26 Å². The lowest BCUT2D eigenvalue weighted by Gasteiger charge is -2.15. The molecule has 0 N–H and O–H groups in total. The third-order valence-corrected chi connectivity index (χ3v) is 4.64. The summed E-state index contributed by atoms with van der Waals surface area (Å²) >= 11 is 0. The molecule has 0 unspecified atom stereocenters. The third-order valence-electron chi connectivity index (χ3n) is 3.30. The van der Waals surface area contributed by atoms with Crippen LogP contribution in [-0.2, 0) is 15.6 Å². The summed E-state index contributed by atoms with van der Waals surface area (Å²) in [7, 11) is 1.69. The first-order chi connectivity index (χ1) is 9.24. The summed E-state index contributed by atoms with van der Waals surface area (Å²) < 4.78 is 25.1. The van der Waals surface area contributed by atoms with Gasteiger partial charge in [0.25, 0.3) is 9.05 Å². The Hall–Kier alpha value is -1.51. The SMILES string of the molecule is CC(C)(C#N)CCn1cc(S(=O)(=O)Cl)c2ccccc21. The van der Waals surface area contributed by atoms with Gasteiger partial charge in [0.05, 0.1) is 11.5 Å². The second kappa shape index (κ2) is 5.12. The van der Waals surface area contributed by atoms with Crippen LogP contribution in [0.25, 0.3) is 10.9 Å². The Bertz CT molecular complexity index is 785. The maximum absolute atomic E-state index is 11.6. The number of nitriles is 1. The molecule has 0 aliphatic carbocycles. The second-order valence-electron chi connectivity index (χ2n) is 5.39. The Morgan fingerprint density at radius 1 is 1.35 bits per heavy atom. The minimum atomic E-state index is -3.78. The predicted octanol–water partition coefficient (Wildman–Crippen LogP) is 3.51. The fourth-order valence-electron chi connectivity index (χ4n) is 2.05. The summed E-state index contributed by atoms with van der Waals surface area (Å²) in [6.07, 6.45) is 2.17. The molecule has 4 nitrogen and oxygen atoms in total. The highest BCUT2D eigenvalue weighted by Gasteiger charge is 2.21. The summed E-state index contributed by atoms with van der Waals surface area (Å²) in [6, 6.07) is 9.44. The van der Waals surface area contributed by atoms with E-state index in [1.807, 2.05) is 30.5 Å². The molecule has 0 radical (unpaired) electrons. The Morgan fingerprint density at radius 3 is 2.60 bits per heavy atom. The molecule has 1 aromatic heterocycles. The number of halogens is 1. The van der Waals surface area contributed by atoms with Crippen LogP contribution >= 0.6 is 10.7 Å². The molecule has 106 valence electrons. The zero-order valence-corrected chi connectivity index (χ0v) is 12.9. The highest BCUT2D eigenvalue weighted by atomic mass is 35.7. The fraction of sp³-hybridized carbons (Fsp3) is 0.357. The number of rotatable bonds is 4. The zero-order chi connectivity index (χ0) is 15.0. The van der Waals surface area contributed by atoms with E-state index in [2.05, 4.69) is 6.07 Å². The van der Waals surface area contributed by atoms with Crippen molar-refractivity contribution in [3.05, 3.63) is 30.5 Å². The van der Waals surface area contributed by atoms with Gasteiger partial charge in [0, 0.05) is 34.3 Å². The van der Waals surface area contributed by atoms with E-state index in [-0.39, 0.29) is 4.90 Å². The van der Waals surface area contributed by atoms with Crippen molar-refractivity contribution in [2.45, 2.75) is 31.7 Å². The number of nitrogens with zero attached hydrogens (tertiary/aromatic N) is 2. The van der Waals surface area contributed by atoms with Crippen molar-refractivity contribution in [2.75, 3.05) is 0 Å². The normalized spacial score (nSPS) is 12.5. The van der Waals surface area contributed by atoms with Gasteiger partial charge in [0.1, 0.15) is 4.90 Å². The van der Waals surface area contributed by atoms with E-state index in [0.717, 1.165) is 5.52 Å². The highest BCUT2D eigenvalue weighted by Crippen LogP contribution is 2.29. The molecule has 0 spiro atoms. The summed E-state index contributed by atoms with van der Waals surface area (Å²) in [6.45, 7) is 4.28. The van der Waals surface area contributed by atoms with Gasteiger partial charge in [-0.1, -0.05) is 18.2 Å². The van der Waals surface area contributed by atoms with Crippen LogP contribution in [0, 0.1) is 16.7 Å². The van der Waals surface area contributed by atoms with E-state index >= 15 is 0 Å². The van der Waals surface area contributed by atoms with Crippen LogP contribution in [-0.4, -0.2) is 13.0 Å². The van der Waals surface area contributed by atoms with Crippen molar-refractivity contribution in [1.82, 2.24) is 4.57 Å². The van der Waals surface area contributed by atoms with E-state index in [1.54, 1.807) is 18.3 Å². The molecule has 0 saturated carbocycles. The van der Waals surface area contributed by atoms with Crippen LogP contribution < -0.4 is 0 Å². The van der Waals surface area contributed by atoms with Gasteiger partial charge in [0.2, 0.25) is 0 Å². The lowest BCUT2D eigenvalue weighted by molar-refractivity contribution is 0.417. The minimum absolute atomic E-state index is 0.115. The van der Waals surface area contributed by atoms with Gasteiger partial charge >= 0.3 is 0 Å². The molecular formula is C14H15ClN2O2S. The molecule has 20 heavy (non-hydrogen) atoms. The van der Waals surface area contributed by atoms with Gasteiger partial charge in [0.15, 0.2) is 0 Å². The summed E-state index contributed by atoms with van der Waals surface area (Å²) in [5, 5.41) is 9.65. The molecule has 0 amide bonds. The Balaban J connectivity index is 2.48. The van der Waals surface area contributed by atoms with Gasteiger partial charge in [-0.3, -0.25) is 0 Å². The lowest BCUT2D eigenvalue weighted by Crippen LogP contribution is -2.11. The van der Waals surface area contributed by atoms with Crippen LogP contribution in [0.5, 0.6) is 0 Å². The average Bonchev–Trinajstić information content (AvgIpc) is 2.75. The molecule has 2 aromatic rings. The lowest BCUT2D eigenvalue weighted by atomic mass is 9.91. The quantitative estimate of drug-likeness (QED) is 0.812. The predicted molar refractivity (Wildman–Crippen MR) is 79.0 cm³/mol. The van der Waals surface area contributed by atoms with E-state index < -0.39 is 14.5 Å². The highest BCUT2D eigenvalue weighted by molar-refractivity contribution is 8.14. The van der Waals surface area contributed by atoms with Gasteiger partial charge in [-0.2, -0.15) is 5.26 Å². The summed E-state index contributed by atoms with van der Waals surface area (Å²) in [5.74, 6) is 0. The Morgan fingerprint density at radius 2 is 2.00 bits per heavy atom. The number of benzene rings is 1. The van der Waals surface area contributed by atoms with Crippen LogP contribution in [0.1, 0.15) is 20.3 Å². The Labute approximate surface area is 123 Å². The maximum Gasteiger partial charge on any atom is 0.263 e. The van der Waals surface area contributed by atoms with Gasteiger partial charge in [-0.15, -0.1) is 0 Å². The zero-order valence-electron chi connectivity index (χ0n) is 11.3. The number of aromatic nitrogens is 1. The number of hydrogen-bond donors (Lipinski definition) is 0. The van der Waals surface area contributed by atoms with Crippen molar-refractivity contribution >= 4 is 30.6 Å². The van der Waals surface area contributed by atoms with Crippen molar-refractivity contribution in [2.24, 2.45) is 5.41 Å². The first kappa shape index (κ1) is 14.9. The van der Waals surface area contributed by atoms with Crippen molar-refractivity contribution < 1.29 is 8.42 Å². The van der Waals surface area contributed by atoms with E-state index in [9.17, 15) is 8.42 Å². The van der Waals surface area contributed by atoms with E-state index in [0.29, 0.717) is 18.4 Å². The fourth-order valence-corrected chi connectivity index (χ4v) is 3.11. The number of para-hydroxylation sites is 1. The van der Waals surface area contributed by atoms with Crippen LogP contribution in [0.3, 0.4) is 0 Å². The minimum Gasteiger partial charge on any atom is -0.346 e. The molecule has 2 rings (SSSR count). The molecule has 0 fully saturated rings. The molecular weight excluding hydrogens is 296 g/mol. The first-order valence-corrected chi connectivity index (χ1v) is 8.49. The molecule has 6 heteroatoms. The molecule has 0 atom stereocenters. The summed E-state index contributed by atoms with van der Waals surface area (Å²) in [5.41, 5.74) is 0.353. The molecule has 1 aromatic carbocycles. The van der Waals surface area contributed by atoms with E-state index in [1.165, 1.54) is 0 Å². The van der Waals surface area contributed by atoms with E-state index in [4.69, 9.17) is 15.9 Å². The van der Waals surface area contributed by atoms with Crippen molar-refractivity contribution in [3.63, 3.8) is 0 Å². The number of aryl methyl sites for hydroxylation is 1. The third kappa shape index (κ3) is 2.97. The standard InChI is InChI=1S/C14H15ClN2O2S/c1-14(2,10-16)7-8-17-9-13(20(15,18)19)11-5-3-4-6-12(11)17/h3-6,9H,7-8H2,1-2H3. The van der Waals surface area contributed by atoms with Gasteiger partial charge in [-0.05, 0) is 26.3 Å². The summed E-state index contributed by atoms with van der Waals surface area (Å²) in [4.78, 5) is 0.115. The van der Waals surface area contributed by atoms with Gasteiger partial charge in [-0.25, -0.2) is 8.42 Å². The molecule has 0 bridgehead atoms. The topological polar surface area (TPSA) is 62.9 Å². The smallest absolute Gasteiger partial charge is 0.263 e. The van der Waals surface area contributed by atoms with Gasteiger partial charge < -0.3 is 4.57 Å². The number of hydrogen-bond acceptors (Lipinski definition) is 3. The molecule has 0 aliphatic heterocycles. The van der Waals surface area contributed by atoms with Crippen LogP contribution in [0.4, 0.5) is 0 Å². The largest absolute Gasteiger partial charge is 0.346 e. The van der Waals surface area contributed by atoms with Crippen LogP contribution in [0.2, 0.25) is 0 Å². The maximum atomic E-state index is 11.6. The van der Waals surface area contributed by atoms with Crippen molar-refractivity contribution in [3.8, 4) is 6.07 Å². The monoisotopic (exact) mass is 310 g/mol. The van der Waals surface area contributed by atoms with Crippen LogP contribution in [0.15, 0.2) is 35.4 Å². The second-order valence-corrected chi connectivity index (χ2v) is 7.92. The number of fused-ring (bicyclic) bond motifs is 1. The Kier molecular flexibility index (Phi) is 3.81. The first-order valence-electron chi connectivity index (χ1n) is 6.18.